The molecule has 3 aromatic rings. The van der Waals surface area contributed by atoms with Gasteiger partial charge in [-0.05, 0) is 29.5 Å². The summed E-state index contributed by atoms with van der Waals surface area (Å²) in [6.45, 7) is 3.92. The lowest BCUT2D eigenvalue weighted by molar-refractivity contribution is 0.707. The van der Waals surface area contributed by atoms with E-state index in [0.29, 0.717) is 5.92 Å². The number of guanidine groups is 1. The van der Waals surface area contributed by atoms with Gasteiger partial charge < -0.3 is 10.6 Å². The summed E-state index contributed by atoms with van der Waals surface area (Å²) < 4.78 is 0. The summed E-state index contributed by atoms with van der Waals surface area (Å²) in [7, 11) is 1.81. The third-order valence-corrected chi connectivity index (χ3v) is 5.34. The number of rotatable bonds is 6. The van der Waals surface area contributed by atoms with Crippen LogP contribution in [0.15, 0.2) is 59.0 Å². The Hall–Kier alpha value is -2.40. The summed E-state index contributed by atoms with van der Waals surface area (Å²) in [6, 6.07) is 14.7. The van der Waals surface area contributed by atoms with Crippen molar-refractivity contribution in [3.05, 3.63) is 64.5 Å². The Morgan fingerprint density at radius 3 is 2.84 bits per heavy atom. The van der Waals surface area contributed by atoms with Crippen molar-refractivity contribution in [3.8, 4) is 0 Å². The second-order valence-electron chi connectivity index (χ2n) is 6.04. The first-order chi connectivity index (χ1) is 12.3. The van der Waals surface area contributed by atoms with Crippen molar-refractivity contribution < 1.29 is 0 Å². The number of para-hydroxylation sites is 1. The molecule has 0 fully saturated rings. The molecule has 0 aliphatic rings. The van der Waals surface area contributed by atoms with Gasteiger partial charge in [0.05, 0.1) is 5.52 Å². The van der Waals surface area contributed by atoms with E-state index in [4.69, 9.17) is 0 Å². The number of nitrogens with one attached hydrogen (secondary N) is 2. The van der Waals surface area contributed by atoms with Crippen molar-refractivity contribution in [1.29, 1.82) is 0 Å². The van der Waals surface area contributed by atoms with Gasteiger partial charge in [-0.25, -0.2) is 0 Å². The summed E-state index contributed by atoms with van der Waals surface area (Å²) >= 11 is 1.80. The third kappa shape index (κ3) is 4.57. The monoisotopic (exact) mass is 352 g/mol. The SMILES string of the molecule is CN=C(NCCc1cccc2cccnc12)NCC(C)c1cccs1. The van der Waals surface area contributed by atoms with Gasteiger partial charge in [-0.2, -0.15) is 0 Å². The topological polar surface area (TPSA) is 49.3 Å². The Balaban J connectivity index is 1.51. The maximum absolute atomic E-state index is 4.51. The van der Waals surface area contributed by atoms with Crippen LogP contribution in [0.2, 0.25) is 0 Å². The minimum Gasteiger partial charge on any atom is -0.356 e. The van der Waals surface area contributed by atoms with Crippen molar-refractivity contribution in [3.63, 3.8) is 0 Å². The van der Waals surface area contributed by atoms with Crippen LogP contribution in [0, 0.1) is 0 Å². The van der Waals surface area contributed by atoms with Crippen LogP contribution in [-0.2, 0) is 6.42 Å². The number of pyridine rings is 1. The highest BCUT2D eigenvalue weighted by molar-refractivity contribution is 7.10. The highest BCUT2D eigenvalue weighted by Crippen LogP contribution is 2.19. The number of fused-ring (bicyclic) bond motifs is 1. The molecule has 3 rings (SSSR count). The largest absolute Gasteiger partial charge is 0.356 e. The third-order valence-electron chi connectivity index (χ3n) is 4.23. The van der Waals surface area contributed by atoms with Gasteiger partial charge in [-0.1, -0.05) is 37.3 Å². The highest BCUT2D eigenvalue weighted by atomic mass is 32.1. The Labute approximate surface area is 153 Å². The molecule has 25 heavy (non-hydrogen) atoms. The Morgan fingerprint density at radius 2 is 2.04 bits per heavy atom. The zero-order valence-corrected chi connectivity index (χ0v) is 15.5. The summed E-state index contributed by atoms with van der Waals surface area (Å²) in [5, 5.41) is 10.1. The average Bonchev–Trinajstić information content (AvgIpc) is 3.19. The van der Waals surface area contributed by atoms with Crippen LogP contribution in [0.25, 0.3) is 10.9 Å². The Morgan fingerprint density at radius 1 is 1.16 bits per heavy atom. The maximum Gasteiger partial charge on any atom is 0.191 e. The van der Waals surface area contributed by atoms with Gasteiger partial charge in [0.25, 0.3) is 0 Å². The molecule has 5 heteroatoms. The fraction of sp³-hybridized carbons (Fsp3) is 0.300. The molecule has 1 unspecified atom stereocenters. The molecule has 0 saturated heterocycles. The lowest BCUT2D eigenvalue weighted by Crippen LogP contribution is -2.39. The predicted octanol–water partition coefficient (Wildman–Crippen LogP) is 3.81. The molecular formula is C20H24N4S. The fourth-order valence-corrected chi connectivity index (χ4v) is 3.61. The second-order valence-corrected chi connectivity index (χ2v) is 7.02. The predicted molar refractivity (Wildman–Crippen MR) is 108 cm³/mol. The van der Waals surface area contributed by atoms with Crippen LogP contribution in [-0.4, -0.2) is 31.1 Å². The van der Waals surface area contributed by atoms with E-state index in [-0.39, 0.29) is 0 Å². The summed E-state index contributed by atoms with van der Waals surface area (Å²) in [5.41, 5.74) is 2.34. The molecule has 0 amide bonds. The zero-order valence-electron chi connectivity index (χ0n) is 14.7. The number of aromatic nitrogens is 1. The van der Waals surface area contributed by atoms with Crippen molar-refractivity contribution in [2.24, 2.45) is 4.99 Å². The Kier molecular flexibility index (Phi) is 6.01. The van der Waals surface area contributed by atoms with E-state index in [1.54, 1.807) is 11.3 Å². The summed E-state index contributed by atoms with van der Waals surface area (Å²) in [4.78, 5) is 10.2. The number of thiophene rings is 1. The summed E-state index contributed by atoms with van der Waals surface area (Å²) in [6.07, 6.45) is 2.77. The minimum absolute atomic E-state index is 0.473. The lowest BCUT2D eigenvalue weighted by atomic mass is 10.1. The smallest absolute Gasteiger partial charge is 0.191 e. The molecule has 0 radical (unpaired) electrons. The number of nitrogens with zero attached hydrogens (tertiary/aromatic N) is 2. The molecule has 2 heterocycles. The van der Waals surface area contributed by atoms with E-state index in [1.165, 1.54) is 15.8 Å². The van der Waals surface area contributed by atoms with E-state index in [2.05, 4.69) is 69.3 Å². The van der Waals surface area contributed by atoms with Gasteiger partial charge in [-0.3, -0.25) is 9.98 Å². The van der Waals surface area contributed by atoms with Gasteiger partial charge in [-0.15, -0.1) is 11.3 Å². The molecule has 1 atom stereocenters. The fourth-order valence-electron chi connectivity index (χ4n) is 2.83. The van der Waals surface area contributed by atoms with Crippen molar-refractivity contribution in [2.45, 2.75) is 19.3 Å². The standard InChI is InChI=1S/C20H24N4S/c1-15(18-9-5-13-25-18)14-24-20(21-2)23-12-10-17-7-3-6-16-8-4-11-22-19(16)17/h3-9,11,13,15H,10,12,14H2,1-2H3,(H2,21,23,24). The second kappa shape index (κ2) is 8.62. The molecule has 130 valence electrons. The first-order valence-corrected chi connectivity index (χ1v) is 9.46. The number of aliphatic imine (C=N–C) groups is 1. The molecule has 1 aromatic carbocycles. The minimum atomic E-state index is 0.473. The lowest BCUT2D eigenvalue weighted by Gasteiger charge is -2.15. The normalized spacial score (nSPS) is 13.0. The quantitative estimate of drug-likeness (QED) is 0.524. The van der Waals surface area contributed by atoms with Crippen LogP contribution in [0.4, 0.5) is 0 Å². The van der Waals surface area contributed by atoms with Crippen LogP contribution < -0.4 is 10.6 Å². The van der Waals surface area contributed by atoms with Gasteiger partial charge in [0.2, 0.25) is 0 Å². The Bertz CT molecular complexity index is 821. The number of hydrogen-bond donors (Lipinski definition) is 2. The molecule has 0 aliphatic carbocycles. The van der Waals surface area contributed by atoms with Gasteiger partial charge in [0.15, 0.2) is 5.96 Å². The molecule has 0 saturated carbocycles. The van der Waals surface area contributed by atoms with Gasteiger partial charge in [0.1, 0.15) is 0 Å². The van der Waals surface area contributed by atoms with E-state index in [9.17, 15) is 0 Å². The molecular weight excluding hydrogens is 328 g/mol. The first-order valence-electron chi connectivity index (χ1n) is 8.58. The number of benzene rings is 1. The number of hydrogen-bond acceptors (Lipinski definition) is 3. The summed E-state index contributed by atoms with van der Waals surface area (Å²) in [5.74, 6) is 1.32. The van der Waals surface area contributed by atoms with E-state index < -0.39 is 0 Å². The zero-order chi connectivity index (χ0) is 17.5. The average molecular weight is 353 g/mol. The van der Waals surface area contributed by atoms with E-state index in [1.807, 2.05) is 19.3 Å². The maximum atomic E-state index is 4.51. The van der Waals surface area contributed by atoms with Crippen molar-refractivity contribution in [2.75, 3.05) is 20.1 Å². The molecule has 2 N–H and O–H groups in total. The van der Waals surface area contributed by atoms with Gasteiger partial charge in [0, 0.05) is 42.5 Å². The van der Waals surface area contributed by atoms with E-state index >= 15 is 0 Å². The molecule has 0 bridgehead atoms. The van der Waals surface area contributed by atoms with Crippen LogP contribution in [0.5, 0.6) is 0 Å². The molecule has 0 spiro atoms. The van der Waals surface area contributed by atoms with Crippen LogP contribution in [0.3, 0.4) is 0 Å². The first kappa shape index (κ1) is 17.4. The molecule has 4 nitrogen and oxygen atoms in total. The molecule has 2 aromatic heterocycles. The van der Waals surface area contributed by atoms with Crippen molar-refractivity contribution in [1.82, 2.24) is 15.6 Å². The highest BCUT2D eigenvalue weighted by Gasteiger charge is 2.07. The molecule has 0 aliphatic heterocycles. The van der Waals surface area contributed by atoms with E-state index in [0.717, 1.165) is 31.0 Å². The van der Waals surface area contributed by atoms with Gasteiger partial charge >= 0.3 is 0 Å². The van der Waals surface area contributed by atoms with Crippen LogP contribution in [0.1, 0.15) is 23.3 Å². The van der Waals surface area contributed by atoms with Crippen molar-refractivity contribution >= 4 is 28.2 Å². The van der Waals surface area contributed by atoms with Crippen LogP contribution >= 0.6 is 11.3 Å².